The number of rotatable bonds is 6. The van der Waals surface area contributed by atoms with E-state index < -0.39 is 6.04 Å². The van der Waals surface area contributed by atoms with Gasteiger partial charge in [-0.25, -0.2) is 0 Å². The Morgan fingerprint density at radius 2 is 2.18 bits per heavy atom. The third-order valence-electron chi connectivity index (χ3n) is 3.50. The molecule has 2 aromatic rings. The maximum atomic E-state index is 12.4. The standard InChI is InChI=1S/C16H23N5O/c1-17-15(13-10-19-21(4)11-13)16(22)18-9-12-6-5-7-14(8-12)20(2)3/h5-8,10-11,15,17H,9H2,1-4H3,(H,18,22). The largest absolute Gasteiger partial charge is 0.378 e. The first kappa shape index (κ1) is 16.0. The number of hydrogen-bond donors (Lipinski definition) is 2. The molecule has 1 heterocycles. The lowest BCUT2D eigenvalue weighted by molar-refractivity contribution is -0.123. The minimum atomic E-state index is -0.397. The summed E-state index contributed by atoms with van der Waals surface area (Å²) in [6.45, 7) is 0.499. The van der Waals surface area contributed by atoms with Gasteiger partial charge in [0.25, 0.3) is 0 Å². The van der Waals surface area contributed by atoms with Crippen molar-refractivity contribution >= 4 is 11.6 Å². The molecule has 22 heavy (non-hydrogen) atoms. The molecule has 0 aliphatic rings. The lowest BCUT2D eigenvalue weighted by Gasteiger charge is -2.16. The number of carbonyl (C=O) groups is 1. The van der Waals surface area contributed by atoms with E-state index in [0.29, 0.717) is 6.54 Å². The van der Waals surface area contributed by atoms with Gasteiger partial charge < -0.3 is 15.5 Å². The molecular weight excluding hydrogens is 278 g/mol. The van der Waals surface area contributed by atoms with Crippen LogP contribution in [0.2, 0.25) is 0 Å². The van der Waals surface area contributed by atoms with Crippen molar-refractivity contribution < 1.29 is 4.79 Å². The van der Waals surface area contributed by atoms with Crippen molar-refractivity contribution in [1.82, 2.24) is 20.4 Å². The first-order chi connectivity index (χ1) is 10.5. The first-order valence-electron chi connectivity index (χ1n) is 7.21. The summed E-state index contributed by atoms with van der Waals surface area (Å²) in [5.74, 6) is -0.0641. The van der Waals surface area contributed by atoms with E-state index in [2.05, 4.69) is 21.8 Å². The van der Waals surface area contributed by atoms with E-state index in [9.17, 15) is 4.79 Å². The van der Waals surface area contributed by atoms with Gasteiger partial charge in [-0.3, -0.25) is 9.48 Å². The molecule has 0 radical (unpaired) electrons. The van der Waals surface area contributed by atoms with Crippen molar-refractivity contribution in [2.45, 2.75) is 12.6 Å². The number of carbonyl (C=O) groups excluding carboxylic acids is 1. The van der Waals surface area contributed by atoms with Gasteiger partial charge in [-0.15, -0.1) is 0 Å². The summed E-state index contributed by atoms with van der Waals surface area (Å²) in [5.41, 5.74) is 3.04. The highest BCUT2D eigenvalue weighted by atomic mass is 16.2. The molecule has 0 saturated carbocycles. The molecule has 0 aliphatic heterocycles. The Bertz CT molecular complexity index is 635. The molecule has 2 rings (SSSR count). The van der Waals surface area contributed by atoms with Gasteiger partial charge in [0.2, 0.25) is 5.91 Å². The number of hydrogen-bond acceptors (Lipinski definition) is 4. The van der Waals surface area contributed by atoms with Crippen molar-refractivity contribution in [3.05, 3.63) is 47.8 Å². The average Bonchev–Trinajstić information content (AvgIpc) is 2.92. The number of amides is 1. The predicted molar refractivity (Wildman–Crippen MR) is 87.6 cm³/mol. The van der Waals surface area contributed by atoms with Gasteiger partial charge in [-0.2, -0.15) is 5.10 Å². The third kappa shape index (κ3) is 3.85. The van der Waals surface area contributed by atoms with Crippen molar-refractivity contribution in [2.24, 2.45) is 7.05 Å². The lowest BCUT2D eigenvalue weighted by atomic mass is 10.1. The summed E-state index contributed by atoms with van der Waals surface area (Å²) in [5, 5.41) is 10.1. The Kier molecular flexibility index (Phi) is 5.16. The van der Waals surface area contributed by atoms with Crippen molar-refractivity contribution in [3.63, 3.8) is 0 Å². The van der Waals surface area contributed by atoms with Gasteiger partial charge >= 0.3 is 0 Å². The van der Waals surface area contributed by atoms with Crippen LogP contribution in [0.4, 0.5) is 5.69 Å². The lowest BCUT2D eigenvalue weighted by Crippen LogP contribution is -2.35. The van der Waals surface area contributed by atoms with Crippen molar-refractivity contribution in [3.8, 4) is 0 Å². The van der Waals surface area contributed by atoms with Crippen LogP contribution in [0.1, 0.15) is 17.2 Å². The number of nitrogens with one attached hydrogen (secondary N) is 2. The van der Waals surface area contributed by atoms with E-state index in [1.54, 1.807) is 17.9 Å². The Morgan fingerprint density at radius 3 is 2.77 bits per heavy atom. The highest BCUT2D eigenvalue weighted by Crippen LogP contribution is 2.14. The number of nitrogens with zero attached hydrogens (tertiary/aromatic N) is 3. The molecule has 1 atom stereocenters. The molecule has 1 aromatic carbocycles. The van der Waals surface area contributed by atoms with Crippen LogP contribution in [0.25, 0.3) is 0 Å². The molecule has 2 N–H and O–H groups in total. The maximum Gasteiger partial charge on any atom is 0.242 e. The van der Waals surface area contributed by atoms with E-state index in [-0.39, 0.29) is 5.91 Å². The molecular formula is C16H23N5O. The van der Waals surface area contributed by atoms with Gasteiger partial charge in [0.05, 0.1) is 6.20 Å². The Labute approximate surface area is 131 Å². The van der Waals surface area contributed by atoms with Crippen molar-refractivity contribution in [1.29, 1.82) is 0 Å². The van der Waals surface area contributed by atoms with Crippen LogP contribution in [0, 0.1) is 0 Å². The van der Waals surface area contributed by atoms with Crippen LogP contribution in [0.5, 0.6) is 0 Å². The Balaban J connectivity index is 2.01. The highest BCUT2D eigenvalue weighted by Gasteiger charge is 2.19. The summed E-state index contributed by atoms with van der Waals surface area (Å²) in [4.78, 5) is 14.4. The van der Waals surface area contributed by atoms with Crippen LogP contribution in [0.15, 0.2) is 36.7 Å². The van der Waals surface area contributed by atoms with Gasteiger partial charge in [0.1, 0.15) is 6.04 Å². The number of aromatic nitrogens is 2. The molecule has 0 aliphatic carbocycles. The zero-order chi connectivity index (χ0) is 16.1. The quantitative estimate of drug-likeness (QED) is 0.837. The molecule has 0 saturated heterocycles. The van der Waals surface area contributed by atoms with E-state index >= 15 is 0 Å². The molecule has 1 aromatic heterocycles. The second kappa shape index (κ2) is 7.09. The molecule has 1 amide bonds. The van der Waals surface area contributed by atoms with Crippen molar-refractivity contribution in [2.75, 3.05) is 26.0 Å². The number of benzene rings is 1. The van der Waals surface area contributed by atoms with Gasteiger partial charge in [-0.05, 0) is 24.7 Å². The molecule has 6 heteroatoms. The number of likely N-dealkylation sites (N-methyl/N-ethyl adjacent to an activating group) is 1. The average molecular weight is 301 g/mol. The van der Waals surface area contributed by atoms with Gasteiger partial charge in [0.15, 0.2) is 0 Å². The van der Waals surface area contributed by atoms with Crippen LogP contribution in [-0.4, -0.2) is 36.8 Å². The third-order valence-corrected chi connectivity index (χ3v) is 3.50. The van der Waals surface area contributed by atoms with Gasteiger partial charge in [-0.1, -0.05) is 12.1 Å². The number of aryl methyl sites for hydroxylation is 1. The normalized spacial score (nSPS) is 12.0. The van der Waals surface area contributed by atoms with E-state index in [0.717, 1.165) is 16.8 Å². The fourth-order valence-corrected chi connectivity index (χ4v) is 2.27. The zero-order valence-corrected chi connectivity index (χ0v) is 13.5. The highest BCUT2D eigenvalue weighted by molar-refractivity contribution is 5.83. The summed E-state index contributed by atoms with van der Waals surface area (Å²) in [6.07, 6.45) is 3.54. The maximum absolute atomic E-state index is 12.4. The van der Waals surface area contributed by atoms with E-state index in [1.807, 2.05) is 50.4 Å². The fraction of sp³-hybridized carbons (Fsp3) is 0.375. The van der Waals surface area contributed by atoms with Crippen LogP contribution in [0.3, 0.4) is 0 Å². The summed E-state index contributed by atoms with van der Waals surface area (Å²) >= 11 is 0. The Hall–Kier alpha value is -2.34. The molecule has 0 spiro atoms. The predicted octanol–water partition coefficient (Wildman–Crippen LogP) is 1.06. The molecule has 6 nitrogen and oxygen atoms in total. The fourth-order valence-electron chi connectivity index (χ4n) is 2.27. The van der Waals surface area contributed by atoms with Gasteiger partial charge in [0, 0.05) is 45.1 Å². The number of anilines is 1. The van der Waals surface area contributed by atoms with E-state index in [4.69, 9.17) is 0 Å². The monoisotopic (exact) mass is 301 g/mol. The van der Waals surface area contributed by atoms with E-state index in [1.165, 1.54) is 0 Å². The minimum absolute atomic E-state index is 0.0641. The first-order valence-corrected chi connectivity index (χ1v) is 7.21. The van der Waals surface area contributed by atoms with Crippen LogP contribution in [-0.2, 0) is 18.4 Å². The Morgan fingerprint density at radius 1 is 1.41 bits per heavy atom. The molecule has 0 bridgehead atoms. The topological polar surface area (TPSA) is 62.2 Å². The smallest absolute Gasteiger partial charge is 0.242 e. The molecule has 118 valence electrons. The minimum Gasteiger partial charge on any atom is -0.378 e. The zero-order valence-electron chi connectivity index (χ0n) is 13.5. The second-order valence-corrected chi connectivity index (χ2v) is 5.45. The molecule has 0 fully saturated rings. The summed E-state index contributed by atoms with van der Waals surface area (Å²) in [7, 11) is 7.60. The summed E-state index contributed by atoms with van der Waals surface area (Å²) in [6, 6.07) is 7.71. The van der Waals surface area contributed by atoms with Crippen LogP contribution >= 0.6 is 0 Å². The van der Waals surface area contributed by atoms with Crippen LogP contribution < -0.4 is 15.5 Å². The molecule has 1 unspecified atom stereocenters. The second-order valence-electron chi connectivity index (χ2n) is 5.45. The SMILES string of the molecule is CNC(C(=O)NCc1cccc(N(C)C)c1)c1cnn(C)c1. The summed E-state index contributed by atoms with van der Waals surface area (Å²) < 4.78 is 1.69.